The Morgan fingerprint density at radius 1 is 1.23 bits per heavy atom. The summed E-state index contributed by atoms with van der Waals surface area (Å²) in [6.07, 6.45) is 6.20. The van der Waals surface area contributed by atoms with E-state index >= 15 is 0 Å². The third-order valence-electron chi connectivity index (χ3n) is 4.11. The molecule has 2 rings (SSSR count). The number of carbonyl (C=O) groups is 1. The van der Waals surface area contributed by atoms with Gasteiger partial charge in [0.1, 0.15) is 6.61 Å². The molecule has 0 aromatic heterocycles. The predicted octanol–water partition coefficient (Wildman–Crippen LogP) is 4.46. The predicted molar refractivity (Wildman–Crippen MR) is 84.9 cm³/mol. The standard InChI is InChI=1S/C18H26O4/c1-3-14(2)7-5-4-6-8-18(19)20-12-15-9-10-16-17(11-15)22-13-21-16/h9-11,14H,3-8,12-13H2,1-2H3. The summed E-state index contributed by atoms with van der Waals surface area (Å²) in [7, 11) is 0. The van der Waals surface area contributed by atoms with Crippen molar-refractivity contribution in [3.63, 3.8) is 0 Å². The van der Waals surface area contributed by atoms with Gasteiger partial charge in [-0.25, -0.2) is 0 Å². The summed E-state index contributed by atoms with van der Waals surface area (Å²) in [5.74, 6) is 2.13. The number of ether oxygens (including phenoxy) is 3. The Hall–Kier alpha value is -1.71. The van der Waals surface area contributed by atoms with Gasteiger partial charge in [0.2, 0.25) is 6.79 Å². The van der Waals surface area contributed by atoms with Gasteiger partial charge in [0.15, 0.2) is 11.5 Å². The highest BCUT2D eigenvalue weighted by molar-refractivity contribution is 5.69. The average Bonchev–Trinajstić information content (AvgIpc) is 2.99. The Morgan fingerprint density at radius 3 is 2.86 bits per heavy atom. The van der Waals surface area contributed by atoms with Gasteiger partial charge in [-0.2, -0.15) is 0 Å². The molecule has 4 heteroatoms. The van der Waals surface area contributed by atoms with E-state index in [2.05, 4.69) is 13.8 Å². The number of hydrogen-bond donors (Lipinski definition) is 0. The fourth-order valence-corrected chi connectivity index (χ4v) is 2.41. The van der Waals surface area contributed by atoms with Crippen LogP contribution in [0.3, 0.4) is 0 Å². The first kappa shape index (κ1) is 16.7. The molecule has 1 unspecified atom stereocenters. The van der Waals surface area contributed by atoms with Crippen molar-refractivity contribution in [3.05, 3.63) is 23.8 Å². The number of unbranched alkanes of at least 4 members (excludes halogenated alkanes) is 2. The highest BCUT2D eigenvalue weighted by Crippen LogP contribution is 2.32. The van der Waals surface area contributed by atoms with Crippen LogP contribution >= 0.6 is 0 Å². The molecule has 0 bridgehead atoms. The Kier molecular flexibility index (Phi) is 6.56. The van der Waals surface area contributed by atoms with E-state index < -0.39 is 0 Å². The van der Waals surface area contributed by atoms with Gasteiger partial charge in [-0.1, -0.05) is 45.6 Å². The average molecular weight is 306 g/mol. The SMILES string of the molecule is CCC(C)CCCCCC(=O)OCc1ccc2c(c1)OCO2. The Bertz CT molecular complexity index is 484. The molecule has 1 aromatic rings. The summed E-state index contributed by atoms with van der Waals surface area (Å²) in [4.78, 5) is 11.7. The molecule has 122 valence electrons. The Balaban J connectivity index is 1.59. The molecule has 22 heavy (non-hydrogen) atoms. The van der Waals surface area contributed by atoms with E-state index in [-0.39, 0.29) is 12.8 Å². The summed E-state index contributed by atoms with van der Waals surface area (Å²) in [6, 6.07) is 5.61. The summed E-state index contributed by atoms with van der Waals surface area (Å²) in [6.45, 7) is 5.05. The van der Waals surface area contributed by atoms with E-state index in [0.29, 0.717) is 13.0 Å². The van der Waals surface area contributed by atoms with Crippen LogP contribution in [-0.2, 0) is 16.1 Å². The smallest absolute Gasteiger partial charge is 0.306 e. The minimum atomic E-state index is -0.124. The zero-order valence-electron chi connectivity index (χ0n) is 13.6. The summed E-state index contributed by atoms with van der Waals surface area (Å²) < 4.78 is 15.9. The van der Waals surface area contributed by atoms with Crippen LogP contribution in [0.4, 0.5) is 0 Å². The monoisotopic (exact) mass is 306 g/mol. The number of rotatable bonds is 9. The lowest BCUT2D eigenvalue weighted by Gasteiger charge is -2.08. The highest BCUT2D eigenvalue weighted by atomic mass is 16.7. The van der Waals surface area contributed by atoms with Crippen LogP contribution in [0.2, 0.25) is 0 Å². The molecule has 0 amide bonds. The first-order chi connectivity index (χ1) is 10.7. The first-order valence-electron chi connectivity index (χ1n) is 8.23. The van der Waals surface area contributed by atoms with Crippen molar-refractivity contribution in [1.82, 2.24) is 0 Å². The molecule has 1 heterocycles. The third-order valence-corrected chi connectivity index (χ3v) is 4.11. The molecular weight excluding hydrogens is 280 g/mol. The number of hydrogen-bond acceptors (Lipinski definition) is 4. The molecule has 0 fully saturated rings. The van der Waals surface area contributed by atoms with Crippen LogP contribution in [0.25, 0.3) is 0 Å². The van der Waals surface area contributed by atoms with Crippen LogP contribution in [-0.4, -0.2) is 12.8 Å². The van der Waals surface area contributed by atoms with Crippen molar-refractivity contribution in [2.45, 2.75) is 59.0 Å². The number of benzene rings is 1. The maximum Gasteiger partial charge on any atom is 0.306 e. The van der Waals surface area contributed by atoms with Gasteiger partial charge in [0.05, 0.1) is 0 Å². The second kappa shape index (κ2) is 8.66. The van der Waals surface area contributed by atoms with E-state index in [9.17, 15) is 4.79 Å². The molecular formula is C18H26O4. The van der Waals surface area contributed by atoms with E-state index in [1.807, 2.05) is 18.2 Å². The molecule has 0 saturated heterocycles. The van der Waals surface area contributed by atoms with Crippen molar-refractivity contribution in [2.75, 3.05) is 6.79 Å². The summed E-state index contributed by atoms with van der Waals surface area (Å²) in [5, 5.41) is 0. The minimum absolute atomic E-state index is 0.124. The Morgan fingerprint density at radius 2 is 2.05 bits per heavy atom. The van der Waals surface area contributed by atoms with E-state index in [1.165, 1.54) is 19.3 Å². The maximum atomic E-state index is 11.7. The normalized spacial score (nSPS) is 13.9. The molecule has 4 nitrogen and oxygen atoms in total. The van der Waals surface area contributed by atoms with Crippen LogP contribution in [0.1, 0.15) is 57.9 Å². The molecule has 0 saturated carbocycles. The second-order valence-corrected chi connectivity index (χ2v) is 5.96. The molecule has 0 N–H and O–H groups in total. The van der Waals surface area contributed by atoms with Gasteiger partial charge >= 0.3 is 5.97 Å². The van der Waals surface area contributed by atoms with Crippen molar-refractivity contribution in [2.24, 2.45) is 5.92 Å². The highest BCUT2D eigenvalue weighted by Gasteiger charge is 2.13. The van der Waals surface area contributed by atoms with Crippen LogP contribution < -0.4 is 9.47 Å². The molecule has 1 atom stereocenters. The number of carbonyl (C=O) groups excluding carboxylic acids is 1. The number of esters is 1. The molecule has 0 radical (unpaired) electrons. The fourth-order valence-electron chi connectivity index (χ4n) is 2.41. The van der Waals surface area contributed by atoms with Crippen molar-refractivity contribution >= 4 is 5.97 Å². The van der Waals surface area contributed by atoms with Crippen LogP contribution in [0.15, 0.2) is 18.2 Å². The van der Waals surface area contributed by atoms with E-state index in [1.54, 1.807) is 0 Å². The summed E-state index contributed by atoms with van der Waals surface area (Å²) in [5.41, 5.74) is 0.925. The fraction of sp³-hybridized carbons (Fsp3) is 0.611. The molecule has 1 aliphatic heterocycles. The van der Waals surface area contributed by atoms with Crippen molar-refractivity contribution in [3.8, 4) is 11.5 Å². The molecule has 0 spiro atoms. The van der Waals surface area contributed by atoms with Crippen molar-refractivity contribution < 1.29 is 19.0 Å². The minimum Gasteiger partial charge on any atom is -0.461 e. The topological polar surface area (TPSA) is 44.8 Å². The van der Waals surface area contributed by atoms with E-state index in [0.717, 1.165) is 35.8 Å². The van der Waals surface area contributed by atoms with E-state index in [4.69, 9.17) is 14.2 Å². The second-order valence-electron chi connectivity index (χ2n) is 5.96. The summed E-state index contributed by atoms with van der Waals surface area (Å²) >= 11 is 0. The molecule has 1 aliphatic rings. The van der Waals surface area contributed by atoms with Gasteiger partial charge in [-0.05, 0) is 30.0 Å². The van der Waals surface area contributed by atoms with Crippen LogP contribution in [0.5, 0.6) is 11.5 Å². The molecule has 0 aliphatic carbocycles. The van der Waals surface area contributed by atoms with Gasteiger partial charge in [-0.3, -0.25) is 4.79 Å². The quantitative estimate of drug-likeness (QED) is 0.499. The van der Waals surface area contributed by atoms with Crippen molar-refractivity contribution in [1.29, 1.82) is 0 Å². The lowest BCUT2D eigenvalue weighted by atomic mass is 10.0. The third kappa shape index (κ3) is 5.24. The lowest BCUT2D eigenvalue weighted by molar-refractivity contribution is -0.145. The van der Waals surface area contributed by atoms with Gasteiger partial charge in [-0.15, -0.1) is 0 Å². The van der Waals surface area contributed by atoms with Gasteiger partial charge in [0, 0.05) is 6.42 Å². The maximum absolute atomic E-state index is 11.7. The van der Waals surface area contributed by atoms with Crippen LogP contribution in [0, 0.1) is 5.92 Å². The zero-order valence-corrected chi connectivity index (χ0v) is 13.6. The largest absolute Gasteiger partial charge is 0.461 e. The first-order valence-corrected chi connectivity index (χ1v) is 8.23. The Labute approximate surface area is 132 Å². The number of fused-ring (bicyclic) bond motifs is 1. The zero-order chi connectivity index (χ0) is 15.8. The van der Waals surface area contributed by atoms with Gasteiger partial charge in [0.25, 0.3) is 0 Å². The molecule has 1 aromatic carbocycles. The van der Waals surface area contributed by atoms with Gasteiger partial charge < -0.3 is 14.2 Å². The lowest BCUT2D eigenvalue weighted by Crippen LogP contribution is -2.04.